The molecule has 158 valence electrons. The van der Waals surface area contributed by atoms with Crippen molar-refractivity contribution in [1.29, 1.82) is 0 Å². The number of carbonyl (C=O) groups excluding carboxylic acids is 1. The lowest BCUT2D eigenvalue weighted by molar-refractivity contribution is 0.102. The van der Waals surface area contributed by atoms with E-state index in [2.05, 4.69) is 12.2 Å². The van der Waals surface area contributed by atoms with Crippen LogP contribution in [0.5, 0.6) is 5.75 Å². The highest BCUT2D eigenvalue weighted by Gasteiger charge is 2.12. The van der Waals surface area contributed by atoms with Crippen LogP contribution in [-0.2, 0) is 0 Å². The van der Waals surface area contributed by atoms with Gasteiger partial charge in [0.25, 0.3) is 5.91 Å². The van der Waals surface area contributed by atoms with Crippen LogP contribution in [0, 0.1) is 13.8 Å². The molecule has 0 saturated carbocycles. The first kappa shape index (κ1) is 20.7. The van der Waals surface area contributed by atoms with Crippen molar-refractivity contribution in [1.82, 2.24) is 0 Å². The third kappa shape index (κ3) is 4.31. The van der Waals surface area contributed by atoms with Crippen LogP contribution >= 0.6 is 0 Å². The minimum absolute atomic E-state index is 0.0698. The molecule has 0 aliphatic heterocycles. The molecule has 5 heteroatoms. The highest BCUT2D eigenvalue weighted by molar-refractivity contribution is 6.05. The molecule has 1 heterocycles. The van der Waals surface area contributed by atoms with E-state index in [0.29, 0.717) is 39.8 Å². The number of rotatable bonds is 6. The fourth-order valence-corrected chi connectivity index (χ4v) is 3.63. The van der Waals surface area contributed by atoms with Gasteiger partial charge in [-0.25, -0.2) is 0 Å². The number of fused-ring (bicyclic) bond motifs is 2. The second-order valence-electron chi connectivity index (χ2n) is 7.78. The van der Waals surface area contributed by atoms with E-state index < -0.39 is 0 Å². The van der Waals surface area contributed by atoms with E-state index in [4.69, 9.17) is 9.15 Å². The number of carbonyl (C=O) groups is 1. The fourth-order valence-electron chi connectivity index (χ4n) is 3.63. The minimum atomic E-state index is -0.241. The Morgan fingerprint density at radius 2 is 1.77 bits per heavy atom. The summed E-state index contributed by atoms with van der Waals surface area (Å²) in [6, 6.07) is 16.0. The van der Waals surface area contributed by atoms with E-state index in [0.717, 1.165) is 29.7 Å². The van der Waals surface area contributed by atoms with E-state index in [1.54, 1.807) is 42.5 Å². The van der Waals surface area contributed by atoms with Gasteiger partial charge in [0.15, 0.2) is 0 Å². The fraction of sp³-hybridized carbons (Fsp3) is 0.231. The van der Waals surface area contributed by atoms with Gasteiger partial charge in [0, 0.05) is 17.3 Å². The molecular weight excluding hydrogens is 390 g/mol. The number of aryl methyl sites for hydroxylation is 2. The maximum absolute atomic E-state index is 12.9. The first-order chi connectivity index (χ1) is 15.0. The Balaban J connectivity index is 1.59. The zero-order chi connectivity index (χ0) is 22.0. The first-order valence-electron chi connectivity index (χ1n) is 10.5. The first-order valence-corrected chi connectivity index (χ1v) is 10.5. The van der Waals surface area contributed by atoms with Crippen LogP contribution in [0.2, 0.25) is 0 Å². The van der Waals surface area contributed by atoms with Crippen molar-refractivity contribution >= 4 is 33.5 Å². The minimum Gasteiger partial charge on any atom is -0.494 e. The maximum Gasteiger partial charge on any atom is 0.255 e. The maximum atomic E-state index is 12.9. The lowest BCUT2D eigenvalue weighted by Crippen LogP contribution is -2.12. The molecule has 0 fully saturated rings. The number of amides is 1. The van der Waals surface area contributed by atoms with E-state index in [9.17, 15) is 9.59 Å². The Morgan fingerprint density at radius 1 is 1.00 bits per heavy atom. The smallest absolute Gasteiger partial charge is 0.255 e. The highest BCUT2D eigenvalue weighted by atomic mass is 16.5. The van der Waals surface area contributed by atoms with Crippen LogP contribution in [0.3, 0.4) is 0 Å². The number of unbranched alkanes of at least 4 members (excludes halogenated alkanes) is 1. The summed E-state index contributed by atoms with van der Waals surface area (Å²) in [6.45, 7) is 6.65. The zero-order valence-corrected chi connectivity index (χ0v) is 18.0. The molecule has 0 atom stereocenters. The predicted octanol–water partition coefficient (Wildman–Crippen LogP) is 5.99. The van der Waals surface area contributed by atoms with Gasteiger partial charge in [-0.1, -0.05) is 19.4 Å². The second-order valence-corrected chi connectivity index (χ2v) is 7.78. The molecule has 0 saturated heterocycles. The van der Waals surface area contributed by atoms with Crippen LogP contribution < -0.4 is 15.5 Å². The summed E-state index contributed by atoms with van der Waals surface area (Å²) in [6.07, 6.45) is 2.07. The quantitative estimate of drug-likeness (QED) is 0.310. The van der Waals surface area contributed by atoms with Crippen molar-refractivity contribution in [3.63, 3.8) is 0 Å². The third-order valence-electron chi connectivity index (χ3n) is 5.24. The molecule has 0 aliphatic carbocycles. The Bertz CT molecular complexity index is 1320. The molecule has 31 heavy (non-hydrogen) atoms. The molecule has 5 nitrogen and oxygen atoms in total. The van der Waals surface area contributed by atoms with Crippen LogP contribution in [0.25, 0.3) is 21.9 Å². The number of benzene rings is 3. The summed E-state index contributed by atoms with van der Waals surface area (Å²) in [5, 5.41) is 3.93. The highest BCUT2D eigenvalue weighted by Crippen LogP contribution is 2.25. The Labute approximate surface area is 180 Å². The Hall–Kier alpha value is -3.60. The lowest BCUT2D eigenvalue weighted by Gasteiger charge is -2.09. The molecule has 1 N–H and O–H groups in total. The third-order valence-corrected chi connectivity index (χ3v) is 5.24. The molecule has 4 aromatic rings. The van der Waals surface area contributed by atoms with E-state index >= 15 is 0 Å². The number of nitrogens with one attached hydrogen (secondary N) is 1. The molecule has 1 aromatic heterocycles. The normalized spacial score (nSPS) is 11.1. The van der Waals surface area contributed by atoms with Crippen molar-refractivity contribution in [2.75, 3.05) is 11.9 Å². The van der Waals surface area contributed by atoms with Crippen molar-refractivity contribution in [3.05, 3.63) is 81.5 Å². The number of ether oxygens (including phenoxy) is 1. The monoisotopic (exact) mass is 415 g/mol. The van der Waals surface area contributed by atoms with Crippen LogP contribution in [0.4, 0.5) is 5.69 Å². The topological polar surface area (TPSA) is 68.5 Å². The van der Waals surface area contributed by atoms with Gasteiger partial charge in [0.1, 0.15) is 16.9 Å². The van der Waals surface area contributed by atoms with Crippen LogP contribution in [0.1, 0.15) is 41.3 Å². The molecule has 0 radical (unpaired) electrons. The number of hydrogen-bond donors (Lipinski definition) is 1. The van der Waals surface area contributed by atoms with Gasteiger partial charge < -0.3 is 14.5 Å². The average molecular weight is 415 g/mol. The summed E-state index contributed by atoms with van der Waals surface area (Å²) in [5.41, 5.74) is 3.96. The van der Waals surface area contributed by atoms with Gasteiger partial charge in [-0.05, 0) is 73.9 Å². The molecular formula is C26H25NO4. The largest absolute Gasteiger partial charge is 0.494 e. The number of hydrogen-bond acceptors (Lipinski definition) is 4. The van der Waals surface area contributed by atoms with E-state index in [1.165, 1.54) is 0 Å². The zero-order valence-electron chi connectivity index (χ0n) is 18.0. The van der Waals surface area contributed by atoms with E-state index in [-0.39, 0.29) is 11.3 Å². The van der Waals surface area contributed by atoms with Gasteiger partial charge in [0.05, 0.1) is 17.4 Å². The molecule has 0 unspecified atom stereocenters. The second kappa shape index (κ2) is 8.64. The predicted molar refractivity (Wildman–Crippen MR) is 124 cm³/mol. The summed E-state index contributed by atoms with van der Waals surface area (Å²) >= 11 is 0. The Morgan fingerprint density at radius 3 is 2.52 bits per heavy atom. The van der Waals surface area contributed by atoms with Crippen molar-refractivity contribution in [2.45, 2.75) is 33.6 Å². The van der Waals surface area contributed by atoms with Gasteiger partial charge in [-0.3, -0.25) is 9.59 Å². The average Bonchev–Trinajstić information content (AvgIpc) is 2.75. The summed E-state index contributed by atoms with van der Waals surface area (Å²) in [5.74, 6) is 0.504. The molecule has 1 amide bonds. The standard InChI is InChI=1S/C26H25NO4/c1-4-5-12-30-20-9-6-18(7-10-20)26(29)27-19-8-11-21-23(15-19)31-25-17(3)13-16(2)14-22(25)24(21)28/h6-11,13-15H,4-5,12H2,1-3H3,(H,27,29). The van der Waals surface area contributed by atoms with Crippen LogP contribution in [0.15, 0.2) is 63.8 Å². The van der Waals surface area contributed by atoms with Crippen molar-refractivity contribution in [3.8, 4) is 5.75 Å². The van der Waals surface area contributed by atoms with Gasteiger partial charge in [-0.15, -0.1) is 0 Å². The Kier molecular flexibility index (Phi) is 5.76. The summed E-state index contributed by atoms with van der Waals surface area (Å²) in [4.78, 5) is 25.6. The van der Waals surface area contributed by atoms with Crippen LogP contribution in [-0.4, -0.2) is 12.5 Å². The van der Waals surface area contributed by atoms with Crippen molar-refractivity contribution < 1.29 is 13.9 Å². The molecule has 4 rings (SSSR count). The SMILES string of the molecule is CCCCOc1ccc(C(=O)Nc2ccc3c(=O)c4cc(C)cc(C)c4oc3c2)cc1. The number of anilines is 1. The van der Waals surface area contributed by atoms with Gasteiger partial charge in [-0.2, -0.15) is 0 Å². The molecule has 3 aromatic carbocycles. The summed E-state index contributed by atoms with van der Waals surface area (Å²) < 4.78 is 11.7. The van der Waals surface area contributed by atoms with Gasteiger partial charge in [0.2, 0.25) is 5.43 Å². The summed E-state index contributed by atoms with van der Waals surface area (Å²) in [7, 11) is 0. The molecule has 0 spiro atoms. The van der Waals surface area contributed by atoms with Gasteiger partial charge >= 0.3 is 0 Å². The molecule has 0 bridgehead atoms. The van der Waals surface area contributed by atoms with E-state index in [1.807, 2.05) is 26.0 Å². The van der Waals surface area contributed by atoms with Crippen molar-refractivity contribution in [2.24, 2.45) is 0 Å². The molecule has 0 aliphatic rings. The lowest BCUT2D eigenvalue weighted by atomic mass is 10.1.